The fraction of sp³-hybridized carbons (Fsp3) is 0.389. The highest BCUT2D eigenvalue weighted by atomic mass is 16.2. The van der Waals surface area contributed by atoms with Gasteiger partial charge in [-0.1, -0.05) is 36.4 Å². The SMILES string of the molecule is Cc1ccc2ccccc2c1NC(=O)N1CC[C@@H](N(C)C)C1. The van der Waals surface area contributed by atoms with Crippen LogP contribution >= 0.6 is 0 Å². The number of carbonyl (C=O) groups excluding carboxylic acids is 1. The maximum Gasteiger partial charge on any atom is 0.321 e. The molecule has 0 bridgehead atoms. The number of carbonyl (C=O) groups is 1. The minimum atomic E-state index is 0.00352. The fourth-order valence-corrected chi connectivity index (χ4v) is 3.08. The van der Waals surface area contributed by atoms with Gasteiger partial charge < -0.3 is 15.1 Å². The van der Waals surface area contributed by atoms with Crippen molar-refractivity contribution in [1.29, 1.82) is 0 Å². The zero-order valence-corrected chi connectivity index (χ0v) is 13.5. The fourth-order valence-electron chi connectivity index (χ4n) is 3.08. The molecule has 1 heterocycles. The molecule has 4 heteroatoms. The Morgan fingerprint density at radius 2 is 2.00 bits per heavy atom. The van der Waals surface area contributed by atoms with Crippen molar-refractivity contribution in [3.8, 4) is 0 Å². The molecule has 22 heavy (non-hydrogen) atoms. The summed E-state index contributed by atoms with van der Waals surface area (Å²) in [5.74, 6) is 0. The maximum atomic E-state index is 12.6. The average molecular weight is 297 g/mol. The van der Waals surface area contributed by atoms with E-state index >= 15 is 0 Å². The van der Waals surface area contributed by atoms with Crippen molar-refractivity contribution in [1.82, 2.24) is 9.80 Å². The van der Waals surface area contributed by atoms with Crippen LogP contribution in [0.2, 0.25) is 0 Å². The molecule has 2 aromatic rings. The predicted molar refractivity (Wildman–Crippen MR) is 91.4 cm³/mol. The highest BCUT2D eigenvalue weighted by Gasteiger charge is 2.27. The van der Waals surface area contributed by atoms with Gasteiger partial charge in [-0.3, -0.25) is 0 Å². The van der Waals surface area contributed by atoms with Crippen molar-refractivity contribution >= 4 is 22.5 Å². The summed E-state index contributed by atoms with van der Waals surface area (Å²) in [6.07, 6.45) is 1.04. The summed E-state index contributed by atoms with van der Waals surface area (Å²) in [5, 5.41) is 5.37. The van der Waals surface area contributed by atoms with E-state index in [0.717, 1.165) is 41.5 Å². The normalized spacial score (nSPS) is 18.2. The summed E-state index contributed by atoms with van der Waals surface area (Å²) >= 11 is 0. The molecule has 1 N–H and O–H groups in total. The minimum absolute atomic E-state index is 0.00352. The van der Waals surface area contributed by atoms with Gasteiger partial charge in [-0.2, -0.15) is 0 Å². The summed E-state index contributed by atoms with van der Waals surface area (Å²) < 4.78 is 0. The van der Waals surface area contributed by atoms with E-state index in [1.54, 1.807) is 0 Å². The van der Waals surface area contributed by atoms with Crippen molar-refractivity contribution in [2.24, 2.45) is 0 Å². The number of likely N-dealkylation sites (tertiary alicyclic amines) is 1. The van der Waals surface area contributed by atoms with Crippen LogP contribution in [-0.2, 0) is 0 Å². The molecular formula is C18H23N3O. The van der Waals surface area contributed by atoms with Gasteiger partial charge >= 0.3 is 6.03 Å². The van der Waals surface area contributed by atoms with Gasteiger partial charge in [0, 0.05) is 24.5 Å². The molecule has 1 aliphatic rings. The molecular weight excluding hydrogens is 274 g/mol. The molecule has 1 fully saturated rings. The molecule has 1 aliphatic heterocycles. The van der Waals surface area contributed by atoms with Crippen LogP contribution in [0.3, 0.4) is 0 Å². The van der Waals surface area contributed by atoms with Gasteiger partial charge in [0.25, 0.3) is 0 Å². The monoisotopic (exact) mass is 297 g/mol. The predicted octanol–water partition coefficient (Wildman–Crippen LogP) is 3.32. The Labute approximate surface area is 131 Å². The van der Waals surface area contributed by atoms with E-state index in [4.69, 9.17) is 0 Å². The number of aryl methyl sites for hydroxylation is 1. The van der Waals surface area contributed by atoms with E-state index in [1.807, 2.05) is 24.0 Å². The maximum absolute atomic E-state index is 12.6. The van der Waals surface area contributed by atoms with Gasteiger partial charge in [0.2, 0.25) is 0 Å². The first-order valence-corrected chi connectivity index (χ1v) is 7.77. The number of fused-ring (bicyclic) bond motifs is 1. The first-order valence-electron chi connectivity index (χ1n) is 7.77. The third-order valence-corrected chi connectivity index (χ3v) is 4.55. The summed E-state index contributed by atoms with van der Waals surface area (Å²) in [6.45, 7) is 3.65. The topological polar surface area (TPSA) is 35.6 Å². The molecule has 0 radical (unpaired) electrons. The smallest absolute Gasteiger partial charge is 0.321 e. The number of nitrogens with one attached hydrogen (secondary N) is 1. The lowest BCUT2D eigenvalue weighted by Crippen LogP contribution is -2.37. The summed E-state index contributed by atoms with van der Waals surface area (Å²) in [7, 11) is 4.14. The molecule has 0 aliphatic carbocycles. The second-order valence-corrected chi connectivity index (χ2v) is 6.26. The summed E-state index contributed by atoms with van der Waals surface area (Å²) in [5.41, 5.74) is 2.02. The van der Waals surface area contributed by atoms with Gasteiger partial charge in [-0.15, -0.1) is 0 Å². The van der Waals surface area contributed by atoms with Crippen LogP contribution in [0.25, 0.3) is 10.8 Å². The van der Waals surface area contributed by atoms with Gasteiger partial charge in [0.05, 0.1) is 5.69 Å². The largest absolute Gasteiger partial charge is 0.323 e. The van der Waals surface area contributed by atoms with E-state index in [0.29, 0.717) is 6.04 Å². The third-order valence-electron chi connectivity index (χ3n) is 4.55. The molecule has 2 aromatic carbocycles. The van der Waals surface area contributed by atoms with Crippen molar-refractivity contribution in [2.75, 3.05) is 32.5 Å². The lowest BCUT2D eigenvalue weighted by Gasteiger charge is -2.21. The van der Waals surface area contributed by atoms with Crippen LogP contribution < -0.4 is 5.32 Å². The van der Waals surface area contributed by atoms with Crippen LogP contribution in [0.15, 0.2) is 36.4 Å². The number of nitrogens with zero attached hydrogens (tertiary/aromatic N) is 2. The van der Waals surface area contributed by atoms with E-state index in [2.05, 4.69) is 48.6 Å². The molecule has 2 amide bonds. The van der Waals surface area contributed by atoms with Crippen molar-refractivity contribution < 1.29 is 4.79 Å². The van der Waals surface area contributed by atoms with Crippen molar-refractivity contribution in [2.45, 2.75) is 19.4 Å². The van der Waals surface area contributed by atoms with Gasteiger partial charge in [-0.25, -0.2) is 4.79 Å². The summed E-state index contributed by atoms with van der Waals surface area (Å²) in [6, 6.07) is 12.8. The first-order chi connectivity index (χ1) is 10.6. The average Bonchev–Trinajstić information content (AvgIpc) is 3.00. The summed E-state index contributed by atoms with van der Waals surface area (Å²) in [4.78, 5) is 16.7. The Kier molecular flexibility index (Phi) is 4.03. The van der Waals surface area contributed by atoms with Crippen molar-refractivity contribution in [3.63, 3.8) is 0 Å². The standard InChI is InChI=1S/C18H23N3O/c1-13-8-9-14-6-4-5-7-16(14)17(13)19-18(22)21-11-10-15(12-21)20(2)3/h4-9,15H,10-12H2,1-3H3,(H,19,22)/t15-/m1/s1. The van der Waals surface area contributed by atoms with Crippen LogP contribution in [0.5, 0.6) is 0 Å². The molecule has 1 atom stereocenters. The van der Waals surface area contributed by atoms with E-state index in [-0.39, 0.29) is 6.03 Å². The van der Waals surface area contributed by atoms with Gasteiger partial charge in [0.1, 0.15) is 0 Å². The zero-order chi connectivity index (χ0) is 15.7. The Morgan fingerprint density at radius 3 is 2.73 bits per heavy atom. The minimum Gasteiger partial charge on any atom is -0.323 e. The highest BCUT2D eigenvalue weighted by molar-refractivity contribution is 6.03. The van der Waals surface area contributed by atoms with Crippen LogP contribution in [0.1, 0.15) is 12.0 Å². The molecule has 3 rings (SSSR count). The highest BCUT2D eigenvalue weighted by Crippen LogP contribution is 2.27. The quantitative estimate of drug-likeness (QED) is 0.923. The Hall–Kier alpha value is -2.07. The number of rotatable bonds is 2. The lowest BCUT2D eigenvalue weighted by molar-refractivity contribution is 0.216. The van der Waals surface area contributed by atoms with Crippen LogP contribution in [0, 0.1) is 6.92 Å². The Morgan fingerprint density at radius 1 is 1.23 bits per heavy atom. The van der Waals surface area contributed by atoms with E-state index in [9.17, 15) is 4.79 Å². The number of urea groups is 1. The molecule has 0 spiro atoms. The van der Waals surface area contributed by atoms with Gasteiger partial charge in [0.15, 0.2) is 0 Å². The Bertz CT molecular complexity index is 696. The number of amides is 2. The van der Waals surface area contributed by atoms with E-state index < -0.39 is 0 Å². The number of anilines is 1. The molecule has 116 valence electrons. The molecule has 0 saturated carbocycles. The Balaban J connectivity index is 1.82. The molecule has 1 saturated heterocycles. The zero-order valence-electron chi connectivity index (χ0n) is 13.5. The third kappa shape index (κ3) is 2.79. The second-order valence-electron chi connectivity index (χ2n) is 6.26. The molecule has 0 aromatic heterocycles. The van der Waals surface area contributed by atoms with Gasteiger partial charge in [-0.05, 0) is 38.4 Å². The molecule has 0 unspecified atom stereocenters. The van der Waals surface area contributed by atoms with E-state index in [1.165, 1.54) is 0 Å². The first kappa shape index (κ1) is 14.9. The molecule has 4 nitrogen and oxygen atoms in total. The van der Waals surface area contributed by atoms with Crippen LogP contribution in [0.4, 0.5) is 10.5 Å². The number of hydrogen-bond donors (Lipinski definition) is 1. The number of hydrogen-bond acceptors (Lipinski definition) is 2. The second kappa shape index (κ2) is 5.97. The number of likely N-dealkylation sites (N-methyl/N-ethyl adjacent to an activating group) is 1. The lowest BCUT2D eigenvalue weighted by atomic mass is 10.0. The van der Waals surface area contributed by atoms with Crippen molar-refractivity contribution in [3.05, 3.63) is 42.0 Å². The number of benzene rings is 2. The van der Waals surface area contributed by atoms with Crippen LogP contribution in [-0.4, -0.2) is 49.1 Å².